The number of oxazole rings is 1. The summed E-state index contributed by atoms with van der Waals surface area (Å²) in [5.74, 6) is 0.989. The van der Waals surface area contributed by atoms with Crippen LogP contribution in [0.2, 0.25) is 0 Å². The maximum atomic E-state index is 12.2. The predicted octanol–water partition coefficient (Wildman–Crippen LogP) is 2.94. The van der Waals surface area contributed by atoms with E-state index >= 15 is 0 Å². The Kier molecular flexibility index (Phi) is 5.11. The first-order valence-corrected chi connectivity index (χ1v) is 7.01. The number of carbonyl (C=O) groups excluding carboxylic acids is 1. The lowest BCUT2D eigenvalue weighted by Crippen LogP contribution is -2.32. The van der Waals surface area contributed by atoms with Gasteiger partial charge in [0, 0.05) is 0 Å². The van der Waals surface area contributed by atoms with Crippen LogP contribution in [0, 0.1) is 6.92 Å². The number of aromatic nitrogens is 1. The summed E-state index contributed by atoms with van der Waals surface area (Å²) in [4.78, 5) is 16.4. The van der Waals surface area contributed by atoms with Gasteiger partial charge in [0.15, 0.2) is 0 Å². The van der Waals surface area contributed by atoms with Gasteiger partial charge in [-0.25, -0.2) is 9.78 Å². The highest BCUT2D eigenvalue weighted by molar-refractivity contribution is 5.77. The van der Waals surface area contributed by atoms with Crippen molar-refractivity contribution in [3.63, 3.8) is 0 Å². The Morgan fingerprint density at radius 1 is 1.38 bits per heavy atom. The molecule has 112 valence electrons. The molecule has 0 aliphatic rings. The maximum absolute atomic E-state index is 12.2. The summed E-state index contributed by atoms with van der Waals surface area (Å²) >= 11 is 0. The molecule has 0 fully saturated rings. The first-order chi connectivity index (χ1) is 10.1. The number of ether oxygens (including phenoxy) is 1. The van der Waals surface area contributed by atoms with Gasteiger partial charge >= 0.3 is 5.97 Å². The van der Waals surface area contributed by atoms with Crippen LogP contribution in [0.3, 0.4) is 0 Å². The average molecular weight is 288 g/mol. The van der Waals surface area contributed by atoms with Crippen LogP contribution in [0.1, 0.15) is 43.1 Å². The van der Waals surface area contributed by atoms with Gasteiger partial charge < -0.3 is 9.15 Å². The second kappa shape index (κ2) is 7.04. The molecule has 0 radical (unpaired) electrons. The minimum atomic E-state index is -0.548. The number of nitrogens with zero attached hydrogens (tertiary/aromatic N) is 1. The van der Waals surface area contributed by atoms with Crippen molar-refractivity contribution in [2.45, 2.75) is 32.9 Å². The van der Waals surface area contributed by atoms with Gasteiger partial charge in [-0.05, 0) is 26.3 Å². The van der Waals surface area contributed by atoms with Gasteiger partial charge in [0.1, 0.15) is 11.8 Å². The maximum Gasteiger partial charge on any atom is 0.327 e. The van der Waals surface area contributed by atoms with Gasteiger partial charge in [-0.3, -0.25) is 5.32 Å². The molecule has 1 heterocycles. The molecule has 1 N–H and O–H groups in total. The van der Waals surface area contributed by atoms with Crippen LogP contribution in [0.4, 0.5) is 0 Å². The molecule has 5 nitrogen and oxygen atoms in total. The minimum absolute atomic E-state index is 0.201. The Balaban J connectivity index is 2.18. The van der Waals surface area contributed by atoms with Gasteiger partial charge in [-0.15, -0.1) is 0 Å². The first-order valence-electron chi connectivity index (χ1n) is 7.01. The van der Waals surface area contributed by atoms with Gasteiger partial charge in [-0.1, -0.05) is 30.3 Å². The lowest BCUT2D eigenvalue weighted by atomic mass is 10.1. The monoisotopic (exact) mass is 288 g/mol. The third kappa shape index (κ3) is 3.92. The zero-order chi connectivity index (χ0) is 15.2. The minimum Gasteiger partial charge on any atom is -0.465 e. The van der Waals surface area contributed by atoms with Gasteiger partial charge in [-0.2, -0.15) is 0 Å². The van der Waals surface area contributed by atoms with Crippen molar-refractivity contribution in [3.05, 3.63) is 53.7 Å². The van der Waals surface area contributed by atoms with E-state index in [4.69, 9.17) is 9.15 Å². The average Bonchev–Trinajstić information content (AvgIpc) is 2.92. The van der Waals surface area contributed by atoms with E-state index in [2.05, 4.69) is 10.3 Å². The molecule has 0 saturated carbocycles. The molecule has 1 aromatic heterocycles. The molecule has 21 heavy (non-hydrogen) atoms. The van der Waals surface area contributed by atoms with Crippen LogP contribution in [0.25, 0.3) is 0 Å². The highest BCUT2D eigenvalue weighted by atomic mass is 16.5. The second-order valence-corrected chi connectivity index (χ2v) is 4.79. The van der Waals surface area contributed by atoms with Crippen LogP contribution >= 0.6 is 0 Å². The standard InChI is InChI=1S/C16H20N2O3/c1-4-20-16(19)14(13-8-6-5-7-9-13)18-12(3)15-17-10-11(2)21-15/h5-10,12,14,18H,4H2,1-3H3. The van der Waals surface area contributed by atoms with E-state index in [0.29, 0.717) is 12.5 Å². The van der Waals surface area contributed by atoms with Crippen LogP contribution in [0.15, 0.2) is 40.9 Å². The molecule has 0 spiro atoms. The molecule has 0 aliphatic heterocycles. The lowest BCUT2D eigenvalue weighted by Gasteiger charge is -2.20. The fourth-order valence-corrected chi connectivity index (χ4v) is 2.07. The molecule has 2 aromatic rings. The Hall–Kier alpha value is -2.14. The Morgan fingerprint density at radius 3 is 2.67 bits per heavy atom. The zero-order valence-corrected chi connectivity index (χ0v) is 12.5. The largest absolute Gasteiger partial charge is 0.465 e. The lowest BCUT2D eigenvalue weighted by molar-refractivity contribution is -0.146. The summed E-state index contributed by atoms with van der Waals surface area (Å²) in [6, 6.07) is 8.73. The molecular formula is C16H20N2O3. The number of benzene rings is 1. The fourth-order valence-electron chi connectivity index (χ4n) is 2.07. The van der Waals surface area contributed by atoms with E-state index in [1.807, 2.05) is 44.2 Å². The number of hydrogen-bond donors (Lipinski definition) is 1. The Labute approximate surface area is 124 Å². The molecule has 1 aromatic carbocycles. The van der Waals surface area contributed by atoms with E-state index in [1.54, 1.807) is 13.1 Å². The molecular weight excluding hydrogens is 268 g/mol. The summed E-state index contributed by atoms with van der Waals surface area (Å²) in [5.41, 5.74) is 0.853. The Bertz CT molecular complexity index is 580. The first kappa shape index (κ1) is 15.3. The SMILES string of the molecule is CCOC(=O)C(NC(C)c1ncc(C)o1)c1ccccc1. The molecule has 2 atom stereocenters. The molecule has 0 bridgehead atoms. The van der Waals surface area contributed by atoms with Crippen LogP contribution in [-0.4, -0.2) is 17.6 Å². The highest BCUT2D eigenvalue weighted by Gasteiger charge is 2.25. The van der Waals surface area contributed by atoms with Crippen molar-refractivity contribution in [2.75, 3.05) is 6.61 Å². The molecule has 2 unspecified atom stereocenters. The quantitative estimate of drug-likeness (QED) is 0.828. The molecule has 0 saturated heterocycles. The summed E-state index contributed by atoms with van der Waals surface area (Å²) in [5, 5.41) is 3.22. The number of nitrogens with one attached hydrogen (secondary N) is 1. The van der Waals surface area contributed by atoms with Crippen molar-refractivity contribution in [3.8, 4) is 0 Å². The van der Waals surface area contributed by atoms with Crippen molar-refractivity contribution in [1.29, 1.82) is 0 Å². The summed E-state index contributed by atoms with van der Waals surface area (Å²) in [7, 11) is 0. The van der Waals surface area contributed by atoms with Gasteiger partial charge in [0.2, 0.25) is 5.89 Å². The normalized spacial score (nSPS) is 13.7. The van der Waals surface area contributed by atoms with E-state index in [-0.39, 0.29) is 12.0 Å². The fraction of sp³-hybridized carbons (Fsp3) is 0.375. The Morgan fingerprint density at radius 2 is 2.10 bits per heavy atom. The van der Waals surface area contributed by atoms with Crippen LogP contribution in [0.5, 0.6) is 0 Å². The van der Waals surface area contributed by atoms with Crippen molar-refractivity contribution < 1.29 is 13.9 Å². The van der Waals surface area contributed by atoms with E-state index in [0.717, 1.165) is 11.3 Å². The van der Waals surface area contributed by atoms with Crippen LogP contribution < -0.4 is 5.32 Å². The van der Waals surface area contributed by atoms with E-state index < -0.39 is 6.04 Å². The number of aryl methyl sites for hydroxylation is 1. The molecule has 2 rings (SSSR count). The molecule has 0 amide bonds. The van der Waals surface area contributed by atoms with Crippen LogP contribution in [-0.2, 0) is 9.53 Å². The number of hydrogen-bond acceptors (Lipinski definition) is 5. The molecule has 5 heteroatoms. The second-order valence-electron chi connectivity index (χ2n) is 4.79. The van der Waals surface area contributed by atoms with Crippen molar-refractivity contribution >= 4 is 5.97 Å². The smallest absolute Gasteiger partial charge is 0.327 e. The zero-order valence-electron chi connectivity index (χ0n) is 12.5. The topological polar surface area (TPSA) is 64.4 Å². The van der Waals surface area contributed by atoms with Crippen molar-refractivity contribution in [1.82, 2.24) is 10.3 Å². The third-order valence-electron chi connectivity index (χ3n) is 3.08. The predicted molar refractivity (Wildman–Crippen MR) is 78.6 cm³/mol. The number of esters is 1. The van der Waals surface area contributed by atoms with E-state index in [1.165, 1.54) is 0 Å². The van der Waals surface area contributed by atoms with Crippen molar-refractivity contribution in [2.24, 2.45) is 0 Å². The van der Waals surface area contributed by atoms with E-state index in [9.17, 15) is 4.79 Å². The number of carbonyl (C=O) groups is 1. The number of rotatable bonds is 6. The highest BCUT2D eigenvalue weighted by Crippen LogP contribution is 2.20. The summed E-state index contributed by atoms with van der Waals surface area (Å²) in [6.07, 6.45) is 1.66. The summed E-state index contributed by atoms with van der Waals surface area (Å²) in [6.45, 7) is 5.88. The third-order valence-corrected chi connectivity index (χ3v) is 3.08. The molecule has 0 aliphatic carbocycles. The summed E-state index contributed by atoms with van der Waals surface area (Å²) < 4.78 is 10.6. The van der Waals surface area contributed by atoms with Gasteiger partial charge in [0.25, 0.3) is 0 Å². The van der Waals surface area contributed by atoms with Gasteiger partial charge in [0.05, 0.1) is 18.8 Å².